The van der Waals surface area contributed by atoms with Gasteiger partial charge in [0.15, 0.2) is 0 Å². The average Bonchev–Trinajstić information content (AvgIpc) is 3.41. The Hall–Kier alpha value is -2.56. The van der Waals surface area contributed by atoms with Gasteiger partial charge in [-0.25, -0.2) is 0 Å². The number of carbonyl (C=O) groups is 3. The van der Waals surface area contributed by atoms with Gasteiger partial charge in [0.2, 0.25) is 17.7 Å². The number of amides is 3. The number of pyridine rings is 1. The van der Waals surface area contributed by atoms with Crippen LogP contribution in [0.2, 0.25) is 0 Å². The van der Waals surface area contributed by atoms with Crippen molar-refractivity contribution in [3.8, 4) is 0 Å². The van der Waals surface area contributed by atoms with Crippen molar-refractivity contribution >= 4 is 17.7 Å². The Labute approximate surface area is 213 Å². The number of rotatable bonds is 13. The van der Waals surface area contributed by atoms with Crippen molar-refractivity contribution < 1.29 is 19.5 Å². The van der Waals surface area contributed by atoms with Crippen LogP contribution in [0, 0.1) is 5.92 Å². The summed E-state index contributed by atoms with van der Waals surface area (Å²) in [5.74, 6) is -0.842. The van der Waals surface area contributed by atoms with Gasteiger partial charge in [0.1, 0.15) is 0 Å². The van der Waals surface area contributed by atoms with Gasteiger partial charge in [-0.1, -0.05) is 38.2 Å². The van der Waals surface area contributed by atoms with Crippen molar-refractivity contribution in [3.63, 3.8) is 0 Å². The van der Waals surface area contributed by atoms with Gasteiger partial charge >= 0.3 is 0 Å². The SMILES string of the molecule is NC(=O)C[C@H](N)C(=O)NC(CC1CCCCC1)C(O)CN(CCc1ccccn1)C(=O)[C@@H]1CCCN1. The normalized spacial score (nSPS) is 20.9. The fourth-order valence-corrected chi connectivity index (χ4v) is 5.25. The Morgan fingerprint density at radius 1 is 1.17 bits per heavy atom. The summed E-state index contributed by atoms with van der Waals surface area (Å²) in [6, 6.07) is 3.75. The third-order valence-electron chi connectivity index (χ3n) is 7.30. The monoisotopic (exact) mass is 502 g/mol. The van der Waals surface area contributed by atoms with E-state index in [0.29, 0.717) is 25.3 Å². The molecule has 200 valence electrons. The minimum atomic E-state index is -1.08. The molecule has 36 heavy (non-hydrogen) atoms. The summed E-state index contributed by atoms with van der Waals surface area (Å²) in [6.45, 7) is 1.30. The standard InChI is InChI=1S/C26H42N6O4/c27-20(16-24(28)34)25(35)31-22(15-18-7-2-1-3-8-18)23(33)17-32(26(36)21-10-6-13-30-21)14-11-19-9-4-5-12-29-19/h4-5,9,12,18,20-23,30,33H,1-3,6-8,10-11,13-17,27H2,(H2,28,34)(H,31,35)/t20-,21-,22?,23?/m0/s1. The lowest BCUT2D eigenvalue weighted by Crippen LogP contribution is -2.55. The highest BCUT2D eigenvalue weighted by Gasteiger charge is 2.33. The lowest BCUT2D eigenvalue weighted by molar-refractivity contribution is -0.135. The zero-order valence-electron chi connectivity index (χ0n) is 21.1. The molecule has 1 aromatic rings. The zero-order valence-corrected chi connectivity index (χ0v) is 21.1. The van der Waals surface area contributed by atoms with Crippen LogP contribution in [0.25, 0.3) is 0 Å². The predicted octanol–water partition coefficient (Wildman–Crippen LogP) is 0.224. The maximum Gasteiger partial charge on any atom is 0.239 e. The quantitative estimate of drug-likeness (QED) is 0.258. The van der Waals surface area contributed by atoms with Crippen LogP contribution in [0.15, 0.2) is 24.4 Å². The van der Waals surface area contributed by atoms with Crippen LogP contribution in [0.3, 0.4) is 0 Å². The summed E-state index contributed by atoms with van der Waals surface area (Å²) in [5, 5.41) is 17.5. The molecule has 3 rings (SSSR count). The van der Waals surface area contributed by atoms with E-state index in [1.165, 1.54) is 6.42 Å². The number of aliphatic hydroxyl groups is 1. The van der Waals surface area contributed by atoms with Crippen LogP contribution in [-0.2, 0) is 20.8 Å². The van der Waals surface area contributed by atoms with Crippen LogP contribution < -0.4 is 22.1 Å². The highest BCUT2D eigenvalue weighted by molar-refractivity contribution is 5.87. The molecular formula is C26H42N6O4. The van der Waals surface area contributed by atoms with Crippen molar-refractivity contribution in [1.82, 2.24) is 20.5 Å². The molecule has 1 saturated heterocycles. The van der Waals surface area contributed by atoms with Gasteiger partial charge in [0, 0.05) is 31.4 Å². The maximum absolute atomic E-state index is 13.3. The number of nitrogens with one attached hydrogen (secondary N) is 2. The summed E-state index contributed by atoms with van der Waals surface area (Å²) in [6.07, 6.45) is 8.88. The number of nitrogens with two attached hydrogens (primary N) is 2. The van der Waals surface area contributed by atoms with E-state index in [1.54, 1.807) is 11.1 Å². The fourth-order valence-electron chi connectivity index (χ4n) is 5.25. The Bertz CT molecular complexity index is 842. The minimum absolute atomic E-state index is 0.0457. The molecule has 10 heteroatoms. The molecule has 3 amide bonds. The number of hydrogen-bond acceptors (Lipinski definition) is 7. The number of nitrogens with zero attached hydrogens (tertiary/aromatic N) is 2. The molecule has 7 N–H and O–H groups in total. The first-order chi connectivity index (χ1) is 17.3. The summed E-state index contributed by atoms with van der Waals surface area (Å²) in [7, 11) is 0. The van der Waals surface area contributed by atoms with Gasteiger partial charge in [-0.05, 0) is 43.9 Å². The van der Waals surface area contributed by atoms with Crippen LogP contribution in [-0.4, -0.2) is 76.6 Å². The van der Waals surface area contributed by atoms with Crippen LogP contribution in [0.5, 0.6) is 0 Å². The van der Waals surface area contributed by atoms with Crippen molar-refractivity contribution in [1.29, 1.82) is 0 Å². The van der Waals surface area contributed by atoms with Gasteiger partial charge in [-0.2, -0.15) is 0 Å². The van der Waals surface area contributed by atoms with E-state index in [0.717, 1.165) is 50.8 Å². The molecule has 2 heterocycles. The fraction of sp³-hybridized carbons (Fsp3) is 0.692. The van der Waals surface area contributed by atoms with E-state index >= 15 is 0 Å². The van der Waals surface area contributed by atoms with Crippen LogP contribution in [0.4, 0.5) is 0 Å². The predicted molar refractivity (Wildman–Crippen MR) is 136 cm³/mol. The van der Waals surface area contributed by atoms with Gasteiger partial charge in [0.05, 0.1) is 30.7 Å². The molecule has 0 aromatic carbocycles. The van der Waals surface area contributed by atoms with Crippen molar-refractivity contribution in [3.05, 3.63) is 30.1 Å². The van der Waals surface area contributed by atoms with E-state index < -0.39 is 30.0 Å². The largest absolute Gasteiger partial charge is 0.389 e. The van der Waals surface area contributed by atoms with Gasteiger partial charge in [-0.3, -0.25) is 19.4 Å². The molecule has 10 nitrogen and oxygen atoms in total. The Morgan fingerprint density at radius 2 is 1.94 bits per heavy atom. The summed E-state index contributed by atoms with van der Waals surface area (Å²) in [5.41, 5.74) is 11.9. The second-order valence-electron chi connectivity index (χ2n) is 10.2. The van der Waals surface area contributed by atoms with E-state index in [4.69, 9.17) is 11.5 Å². The number of hydrogen-bond donors (Lipinski definition) is 5. The Morgan fingerprint density at radius 3 is 2.58 bits per heavy atom. The second-order valence-corrected chi connectivity index (χ2v) is 10.2. The molecule has 2 aliphatic rings. The van der Waals surface area contributed by atoms with Gasteiger partial charge < -0.3 is 32.1 Å². The molecule has 1 aromatic heterocycles. The number of carbonyl (C=O) groups excluding carboxylic acids is 3. The van der Waals surface area contributed by atoms with Crippen molar-refractivity contribution in [2.45, 2.75) is 88.4 Å². The molecule has 1 saturated carbocycles. The first-order valence-electron chi connectivity index (χ1n) is 13.3. The summed E-state index contributed by atoms with van der Waals surface area (Å²) in [4.78, 5) is 43.3. The lowest BCUT2D eigenvalue weighted by Gasteiger charge is -2.34. The van der Waals surface area contributed by atoms with Gasteiger partial charge in [-0.15, -0.1) is 0 Å². The highest BCUT2D eigenvalue weighted by Crippen LogP contribution is 2.28. The smallest absolute Gasteiger partial charge is 0.239 e. The topological polar surface area (TPSA) is 164 Å². The molecule has 1 aliphatic heterocycles. The van der Waals surface area contributed by atoms with E-state index in [9.17, 15) is 19.5 Å². The summed E-state index contributed by atoms with van der Waals surface area (Å²) < 4.78 is 0. The zero-order chi connectivity index (χ0) is 25.9. The molecule has 0 bridgehead atoms. The number of aromatic nitrogens is 1. The molecule has 0 spiro atoms. The summed E-state index contributed by atoms with van der Waals surface area (Å²) >= 11 is 0. The number of primary amides is 1. The second kappa shape index (κ2) is 14.2. The molecule has 2 fully saturated rings. The first-order valence-corrected chi connectivity index (χ1v) is 13.3. The van der Waals surface area contributed by atoms with Crippen molar-refractivity contribution in [2.24, 2.45) is 17.4 Å². The lowest BCUT2D eigenvalue weighted by atomic mass is 9.83. The molecule has 0 radical (unpaired) electrons. The molecule has 4 atom stereocenters. The third kappa shape index (κ3) is 8.83. The first kappa shape index (κ1) is 28.0. The molecule has 2 unspecified atom stereocenters. The Balaban J connectivity index is 1.71. The average molecular weight is 503 g/mol. The Kier molecular flexibility index (Phi) is 11.1. The molecular weight excluding hydrogens is 460 g/mol. The minimum Gasteiger partial charge on any atom is -0.389 e. The van der Waals surface area contributed by atoms with Crippen LogP contribution in [0.1, 0.15) is 63.5 Å². The third-order valence-corrected chi connectivity index (χ3v) is 7.30. The van der Waals surface area contributed by atoms with Crippen LogP contribution >= 0.6 is 0 Å². The highest BCUT2D eigenvalue weighted by atomic mass is 16.3. The van der Waals surface area contributed by atoms with Crippen molar-refractivity contribution in [2.75, 3.05) is 19.6 Å². The molecule has 1 aliphatic carbocycles. The van der Waals surface area contributed by atoms with E-state index in [1.807, 2.05) is 18.2 Å². The van der Waals surface area contributed by atoms with E-state index in [-0.39, 0.29) is 24.9 Å². The van der Waals surface area contributed by atoms with E-state index in [2.05, 4.69) is 15.6 Å². The van der Waals surface area contributed by atoms with Gasteiger partial charge in [0.25, 0.3) is 0 Å². The number of aliphatic hydroxyl groups excluding tert-OH is 1. The maximum atomic E-state index is 13.3.